The van der Waals surface area contributed by atoms with Crippen molar-refractivity contribution in [3.63, 3.8) is 0 Å². The van der Waals surface area contributed by atoms with E-state index < -0.39 is 0 Å². The fourth-order valence-electron chi connectivity index (χ4n) is 3.74. The van der Waals surface area contributed by atoms with Crippen LogP contribution in [0, 0.1) is 5.92 Å². The molecule has 0 bridgehead atoms. The second kappa shape index (κ2) is 10.1. The first-order chi connectivity index (χ1) is 14.1. The number of carbonyl (C=O) groups is 2. The molecule has 0 spiro atoms. The van der Waals surface area contributed by atoms with Gasteiger partial charge in [0, 0.05) is 12.0 Å². The summed E-state index contributed by atoms with van der Waals surface area (Å²) in [5, 5.41) is 4.16. The summed E-state index contributed by atoms with van der Waals surface area (Å²) in [5.41, 5.74) is 4.59. The first-order valence-corrected chi connectivity index (χ1v) is 10.6. The molecule has 2 aromatic carbocycles. The summed E-state index contributed by atoms with van der Waals surface area (Å²) >= 11 is 0. The van der Waals surface area contributed by atoms with E-state index in [-0.39, 0.29) is 17.7 Å². The molecule has 3 rings (SSSR count). The highest BCUT2D eigenvalue weighted by molar-refractivity contribution is 6.00. The topological polar surface area (TPSA) is 55.7 Å². The standard InChI is InChI=1S/C25H29NO3/c1-3-23(26-29-25(28)22-8-6-5-7-9-22)20-14-10-18(11-15-20)19-12-16-21(17-13-19)24(27)4-2/h10-17,22H,3-9H2,1-2H3. The van der Waals surface area contributed by atoms with E-state index >= 15 is 0 Å². The Balaban J connectivity index is 1.68. The molecule has 1 aliphatic rings. The average molecular weight is 392 g/mol. The van der Waals surface area contributed by atoms with Crippen LogP contribution < -0.4 is 0 Å². The Kier molecular flexibility index (Phi) is 7.34. The largest absolute Gasteiger partial charge is 0.338 e. The van der Waals surface area contributed by atoms with E-state index in [1.165, 1.54) is 6.42 Å². The van der Waals surface area contributed by atoms with Gasteiger partial charge in [0.25, 0.3) is 0 Å². The first-order valence-electron chi connectivity index (χ1n) is 10.6. The monoisotopic (exact) mass is 391 g/mol. The summed E-state index contributed by atoms with van der Waals surface area (Å²) in [6.45, 7) is 3.87. The third-order valence-corrected chi connectivity index (χ3v) is 5.60. The maximum absolute atomic E-state index is 12.2. The number of hydrogen-bond acceptors (Lipinski definition) is 4. The Labute approximate surface area is 173 Å². The van der Waals surface area contributed by atoms with E-state index in [1.807, 2.05) is 62.4 Å². The van der Waals surface area contributed by atoms with Crippen molar-refractivity contribution in [2.45, 2.75) is 58.8 Å². The van der Waals surface area contributed by atoms with Gasteiger partial charge in [-0.25, -0.2) is 4.79 Å². The molecule has 0 saturated heterocycles. The lowest BCUT2D eigenvalue weighted by Gasteiger charge is -2.18. The van der Waals surface area contributed by atoms with Crippen LogP contribution in [0.25, 0.3) is 11.1 Å². The number of rotatable bonds is 7. The average Bonchev–Trinajstić information content (AvgIpc) is 2.80. The molecule has 1 saturated carbocycles. The van der Waals surface area contributed by atoms with Gasteiger partial charge >= 0.3 is 5.97 Å². The van der Waals surface area contributed by atoms with Gasteiger partial charge in [0.05, 0.1) is 11.6 Å². The molecule has 0 aliphatic heterocycles. The minimum Gasteiger partial charge on any atom is -0.318 e. The van der Waals surface area contributed by atoms with Crippen LogP contribution >= 0.6 is 0 Å². The minimum absolute atomic E-state index is 0.00413. The molecule has 2 aromatic rings. The molecule has 152 valence electrons. The molecule has 0 heterocycles. The van der Waals surface area contributed by atoms with E-state index in [0.717, 1.165) is 53.6 Å². The molecule has 29 heavy (non-hydrogen) atoms. The first kappa shape index (κ1) is 21.0. The zero-order valence-electron chi connectivity index (χ0n) is 17.3. The molecule has 0 aromatic heterocycles. The molecule has 0 N–H and O–H groups in total. The molecular formula is C25H29NO3. The number of benzene rings is 2. The predicted molar refractivity (Wildman–Crippen MR) is 116 cm³/mol. The van der Waals surface area contributed by atoms with Crippen LogP contribution in [-0.2, 0) is 9.63 Å². The van der Waals surface area contributed by atoms with E-state index in [4.69, 9.17) is 4.84 Å². The highest BCUT2D eigenvalue weighted by Gasteiger charge is 2.23. The Morgan fingerprint density at radius 3 is 1.90 bits per heavy atom. The molecule has 1 aliphatic carbocycles. The Morgan fingerprint density at radius 1 is 0.828 bits per heavy atom. The van der Waals surface area contributed by atoms with Gasteiger partial charge in [-0.2, -0.15) is 0 Å². The summed E-state index contributed by atoms with van der Waals surface area (Å²) < 4.78 is 0. The summed E-state index contributed by atoms with van der Waals surface area (Å²) in [6, 6.07) is 15.7. The van der Waals surface area contributed by atoms with Gasteiger partial charge in [-0.05, 0) is 36.0 Å². The van der Waals surface area contributed by atoms with Crippen molar-refractivity contribution in [3.8, 4) is 11.1 Å². The van der Waals surface area contributed by atoms with Crippen LogP contribution in [0.4, 0.5) is 0 Å². The molecule has 0 amide bonds. The zero-order valence-corrected chi connectivity index (χ0v) is 17.3. The van der Waals surface area contributed by atoms with E-state index in [0.29, 0.717) is 12.8 Å². The number of ketones is 1. The van der Waals surface area contributed by atoms with Crippen LogP contribution in [0.3, 0.4) is 0 Å². The SMILES string of the molecule is CCC(=O)c1ccc(-c2ccc(C(CC)=NOC(=O)C3CCCCC3)cc2)cc1. The van der Waals surface area contributed by atoms with Gasteiger partial charge in [-0.1, -0.05) is 86.8 Å². The number of carbonyl (C=O) groups excluding carboxylic acids is 2. The van der Waals surface area contributed by atoms with Crippen molar-refractivity contribution < 1.29 is 14.4 Å². The quantitative estimate of drug-likeness (QED) is 0.245. The van der Waals surface area contributed by atoms with Crippen molar-refractivity contribution in [3.05, 3.63) is 59.7 Å². The van der Waals surface area contributed by atoms with Crippen LogP contribution in [0.2, 0.25) is 0 Å². The summed E-state index contributed by atoms with van der Waals surface area (Å²) in [4.78, 5) is 29.3. The summed E-state index contributed by atoms with van der Waals surface area (Å²) in [6.07, 6.45) is 6.42. The summed E-state index contributed by atoms with van der Waals surface area (Å²) in [5.74, 6) is -0.0528. The van der Waals surface area contributed by atoms with Crippen molar-refractivity contribution >= 4 is 17.5 Å². The fourth-order valence-corrected chi connectivity index (χ4v) is 3.74. The lowest BCUT2D eigenvalue weighted by molar-refractivity contribution is -0.149. The maximum Gasteiger partial charge on any atom is 0.338 e. The molecule has 0 radical (unpaired) electrons. The number of hydrogen-bond donors (Lipinski definition) is 0. The lowest BCUT2D eigenvalue weighted by Crippen LogP contribution is -2.19. The minimum atomic E-state index is -0.200. The van der Waals surface area contributed by atoms with Crippen molar-refractivity contribution in [1.82, 2.24) is 0 Å². The van der Waals surface area contributed by atoms with Crippen LogP contribution in [0.5, 0.6) is 0 Å². The normalized spacial score (nSPS) is 15.2. The molecular weight excluding hydrogens is 362 g/mol. The van der Waals surface area contributed by atoms with Gasteiger partial charge in [0.2, 0.25) is 0 Å². The van der Waals surface area contributed by atoms with Crippen LogP contribution in [0.15, 0.2) is 53.7 Å². The van der Waals surface area contributed by atoms with E-state index in [2.05, 4.69) is 5.16 Å². The summed E-state index contributed by atoms with van der Waals surface area (Å²) in [7, 11) is 0. The number of Topliss-reactive ketones (excluding diaryl/α,β-unsaturated/α-hetero) is 1. The van der Waals surface area contributed by atoms with Crippen molar-refractivity contribution in [1.29, 1.82) is 0 Å². The zero-order chi connectivity index (χ0) is 20.6. The second-order valence-corrected chi connectivity index (χ2v) is 7.57. The van der Waals surface area contributed by atoms with Gasteiger partial charge < -0.3 is 4.84 Å². The highest BCUT2D eigenvalue weighted by Crippen LogP contribution is 2.25. The van der Waals surface area contributed by atoms with Crippen LogP contribution in [0.1, 0.15) is 74.7 Å². The number of nitrogens with zero attached hydrogens (tertiary/aromatic N) is 1. The van der Waals surface area contributed by atoms with E-state index in [1.54, 1.807) is 0 Å². The Hall–Kier alpha value is -2.75. The third kappa shape index (κ3) is 5.41. The molecule has 4 nitrogen and oxygen atoms in total. The van der Waals surface area contributed by atoms with E-state index in [9.17, 15) is 9.59 Å². The lowest BCUT2D eigenvalue weighted by atomic mass is 9.89. The molecule has 4 heteroatoms. The van der Waals surface area contributed by atoms with Crippen molar-refractivity contribution in [2.24, 2.45) is 11.1 Å². The maximum atomic E-state index is 12.2. The Morgan fingerprint density at radius 2 is 1.38 bits per heavy atom. The second-order valence-electron chi connectivity index (χ2n) is 7.57. The smallest absolute Gasteiger partial charge is 0.318 e. The van der Waals surface area contributed by atoms with Gasteiger partial charge in [-0.3, -0.25) is 4.79 Å². The predicted octanol–water partition coefficient (Wildman–Crippen LogP) is 6.18. The molecule has 0 unspecified atom stereocenters. The number of oxime groups is 1. The van der Waals surface area contributed by atoms with Gasteiger partial charge in [0.15, 0.2) is 5.78 Å². The van der Waals surface area contributed by atoms with Crippen molar-refractivity contribution in [2.75, 3.05) is 0 Å². The van der Waals surface area contributed by atoms with Gasteiger partial charge in [0.1, 0.15) is 0 Å². The fraction of sp³-hybridized carbons (Fsp3) is 0.400. The van der Waals surface area contributed by atoms with Crippen LogP contribution in [-0.4, -0.2) is 17.5 Å². The Bertz CT molecular complexity index is 860. The third-order valence-electron chi connectivity index (χ3n) is 5.60. The molecule has 0 atom stereocenters. The van der Waals surface area contributed by atoms with Gasteiger partial charge in [-0.15, -0.1) is 0 Å². The highest BCUT2D eigenvalue weighted by atomic mass is 16.7. The molecule has 1 fully saturated rings.